The molecular weight excluding hydrogens is 234 g/mol. The van der Waals surface area contributed by atoms with Crippen LogP contribution in [0, 0.1) is 17.2 Å². The van der Waals surface area contributed by atoms with Crippen LogP contribution in [0.5, 0.6) is 0 Å². The monoisotopic (exact) mass is 255 g/mol. The van der Waals surface area contributed by atoms with Crippen LogP contribution in [0.3, 0.4) is 0 Å². The molecule has 1 unspecified atom stereocenters. The average Bonchev–Trinajstić information content (AvgIpc) is 2.38. The van der Waals surface area contributed by atoms with Crippen molar-refractivity contribution in [3.05, 3.63) is 0 Å². The predicted octanol–water partition coefficient (Wildman–Crippen LogP) is 2.20. The van der Waals surface area contributed by atoms with Gasteiger partial charge in [-0.2, -0.15) is 5.26 Å². The van der Waals surface area contributed by atoms with Crippen LogP contribution in [0.4, 0.5) is 0 Å². The Balaban J connectivity index is 4.05. The first-order valence-corrected chi connectivity index (χ1v) is 6.28. The standard InChI is InChI=1S/C13H21NO4/c1-3-4-5-6-10-18-13(16)11(8-7-9-14)12(15)17-2/h11H,3-8,10H2,1-2H3. The Morgan fingerprint density at radius 3 is 2.50 bits per heavy atom. The molecule has 0 aliphatic carbocycles. The Kier molecular flexibility index (Phi) is 9.65. The molecule has 0 aliphatic heterocycles. The highest BCUT2D eigenvalue weighted by Gasteiger charge is 2.28. The fourth-order valence-electron chi connectivity index (χ4n) is 1.49. The van der Waals surface area contributed by atoms with E-state index in [0.29, 0.717) is 6.61 Å². The third-order valence-corrected chi connectivity index (χ3v) is 2.56. The lowest BCUT2D eigenvalue weighted by molar-refractivity contribution is -0.160. The summed E-state index contributed by atoms with van der Waals surface area (Å²) in [4.78, 5) is 23.0. The summed E-state index contributed by atoms with van der Waals surface area (Å²) >= 11 is 0. The summed E-state index contributed by atoms with van der Waals surface area (Å²) in [6.07, 6.45) is 4.30. The Bertz CT molecular complexity index is 296. The van der Waals surface area contributed by atoms with Gasteiger partial charge in [0.15, 0.2) is 5.92 Å². The van der Waals surface area contributed by atoms with Crippen LogP contribution >= 0.6 is 0 Å². The maximum Gasteiger partial charge on any atom is 0.320 e. The molecule has 0 aromatic rings. The SMILES string of the molecule is CCCCCCOC(=O)C(CCC#N)C(=O)OC. The zero-order valence-electron chi connectivity index (χ0n) is 11.1. The molecule has 18 heavy (non-hydrogen) atoms. The molecule has 0 aromatic heterocycles. The smallest absolute Gasteiger partial charge is 0.320 e. The molecule has 0 N–H and O–H groups in total. The maximum atomic E-state index is 11.6. The fraction of sp³-hybridized carbons (Fsp3) is 0.769. The minimum absolute atomic E-state index is 0.130. The van der Waals surface area contributed by atoms with Crippen LogP contribution in [0.25, 0.3) is 0 Å². The van der Waals surface area contributed by atoms with Gasteiger partial charge in [0, 0.05) is 6.42 Å². The lowest BCUT2D eigenvalue weighted by atomic mass is 10.0. The summed E-state index contributed by atoms with van der Waals surface area (Å²) in [5.41, 5.74) is 0. The summed E-state index contributed by atoms with van der Waals surface area (Å²) < 4.78 is 9.55. The van der Waals surface area contributed by atoms with Gasteiger partial charge in [0.2, 0.25) is 0 Å². The van der Waals surface area contributed by atoms with Gasteiger partial charge in [0.05, 0.1) is 19.8 Å². The van der Waals surface area contributed by atoms with Crippen LogP contribution in [0.15, 0.2) is 0 Å². The van der Waals surface area contributed by atoms with Crippen molar-refractivity contribution in [2.75, 3.05) is 13.7 Å². The van der Waals surface area contributed by atoms with Crippen molar-refractivity contribution >= 4 is 11.9 Å². The second-order valence-corrected chi connectivity index (χ2v) is 4.00. The third kappa shape index (κ3) is 6.89. The van der Waals surface area contributed by atoms with Crippen LogP contribution in [-0.4, -0.2) is 25.7 Å². The molecule has 1 atom stereocenters. The van der Waals surface area contributed by atoms with Gasteiger partial charge >= 0.3 is 11.9 Å². The summed E-state index contributed by atoms with van der Waals surface area (Å²) in [6.45, 7) is 2.42. The van der Waals surface area contributed by atoms with E-state index in [1.54, 1.807) is 0 Å². The number of nitrogens with zero attached hydrogens (tertiary/aromatic N) is 1. The Morgan fingerprint density at radius 1 is 1.22 bits per heavy atom. The highest BCUT2D eigenvalue weighted by Crippen LogP contribution is 2.11. The molecule has 5 heteroatoms. The fourth-order valence-corrected chi connectivity index (χ4v) is 1.49. The lowest BCUT2D eigenvalue weighted by Gasteiger charge is -2.12. The number of unbranched alkanes of at least 4 members (excludes halogenated alkanes) is 3. The van der Waals surface area contributed by atoms with E-state index < -0.39 is 17.9 Å². The Labute approximate surface area is 108 Å². The summed E-state index contributed by atoms with van der Waals surface area (Å²) in [7, 11) is 1.22. The number of hydrogen-bond acceptors (Lipinski definition) is 5. The van der Waals surface area contributed by atoms with Crippen LogP contribution in [-0.2, 0) is 19.1 Å². The Hall–Kier alpha value is -1.57. The largest absolute Gasteiger partial charge is 0.468 e. The molecule has 0 heterocycles. The van der Waals surface area contributed by atoms with E-state index in [1.807, 2.05) is 6.07 Å². The highest BCUT2D eigenvalue weighted by molar-refractivity contribution is 5.94. The van der Waals surface area contributed by atoms with Crippen molar-refractivity contribution in [2.45, 2.75) is 45.4 Å². The van der Waals surface area contributed by atoms with E-state index in [0.717, 1.165) is 25.7 Å². The minimum atomic E-state index is -0.971. The van der Waals surface area contributed by atoms with Crippen molar-refractivity contribution in [1.29, 1.82) is 5.26 Å². The molecule has 0 radical (unpaired) electrons. The topological polar surface area (TPSA) is 76.4 Å². The van der Waals surface area contributed by atoms with E-state index in [1.165, 1.54) is 7.11 Å². The molecule has 0 fully saturated rings. The van der Waals surface area contributed by atoms with E-state index in [9.17, 15) is 9.59 Å². The second-order valence-electron chi connectivity index (χ2n) is 4.00. The summed E-state index contributed by atoms with van der Waals surface area (Å²) in [6, 6.07) is 1.90. The van der Waals surface area contributed by atoms with Gasteiger partial charge in [-0.3, -0.25) is 9.59 Å². The average molecular weight is 255 g/mol. The zero-order chi connectivity index (χ0) is 13.8. The zero-order valence-corrected chi connectivity index (χ0v) is 11.1. The Morgan fingerprint density at radius 2 is 1.94 bits per heavy atom. The predicted molar refractivity (Wildman–Crippen MR) is 65.5 cm³/mol. The lowest BCUT2D eigenvalue weighted by Crippen LogP contribution is -2.27. The molecule has 0 aliphatic rings. The maximum absolute atomic E-state index is 11.6. The number of methoxy groups -OCH3 is 1. The van der Waals surface area contributed by atoms with Gasteiger partial charge in [-0.15, -0.1) is 0 Å². The van der Waals surface area contributed by atoms with Gasteiger partial charge in [0.1, 0.15) is 0 Å². The molecular formula is C13H21NO4. The highest BCUT2D eigenvalue weighted by atomic mass is 16.5. The number of rotatable bonds is 9. The quantitative estimate of drug-likeness (QED) is 0.358. The van der Waals surface area contributed by atoms with Gasteiger partial charge < -0.3 is 9.47 Å². The molecule has 0 amide bonds. The van der Waals surface area contributed by atoms with Crippen LogP contribution < -0.4 is 0 Å². The van der Waals surface area contributed by atoms with Crippen molar-refractivity contribution in [3.8, 4) is 6.07 Å². The first kappa shape index (κ1) is 16.4. The molecule has 0 spiro atoms. The van der Waals surface area contributed by atoms with Gasteiger partial charge in [-0.1, -0.05) is 26.2 Å². The molecule has 0 aromatic carbocycles. The van der Waals surface area contributed by atoms with Gasteiger partial charge in [-0.25, -0.2) is 0 Å². The first-order chi connectivity index (χ1) is 8.67. The summed E-state index contributed by atoms with van der Waals surface area (Å²) in [5, 5.41) is 8.47. The normalized spacial score (nSPS) is 11.4. The number of esters is 2. The molecule has 0 bridgehead atoms. The van der Waals surface area contributed by atoms with E-state index in [-0.39, 0.29) is 12.8 Å². The number of carbonyl (C=O) groups excluding carboxylic acids is 2. The first-order valence-electron chi connectivity index (χ1n) is 6.28. The van der Waals surface area contributed by atoms with Crippen molar-refractivity contribution in [1.82, 2.24) is 0 Å². The molecule has 5 nitrogen and oxygen atoms in total. The third-order valence-electron chi connectivity index (χ3n) is 2.56. The molecule has 0 rings (SSSR count). The molecule has 0 saturated carbocycles. The number of carbonyl (C=O) groups is 2. The summed E-state index contributed by atoms with van der Waals surface area (Å²) in [5.74, 6) is -2.20. The van der Waals surface area contributed by atoms with Crippen LogP contribution in [0.1, 0.15) is 45.4 Å². The van der Waals surface area contributed by atoms with Crippen molar-refractivity contribution in [3.63, 3.8) is 0 Å². The van der Waals surface area contributed by atoms with E-state index in [2.05, 4.69) is 11.7 Å². The minimum Gasteiger partial charge on any atom is -0.468 e. The number of hydrogen-bond donors (Lipinski definition) is 0. The molecule has 102 valence electrons. The van der Waals surface area contributed by atoms with Gasteiger partial charge in [0.25, 0.3) is 0 Å². The van der Waals surface area contributed by atoms with Crippen molar-refractivity contribution in [2.24, 2.45) is 5.92 Å². The van der Waals surface area contributed by atoms with E-state index >= 15 is 0 Å². The number of ether oxygens (including phenoxy) is 2. The second kappa shape index (κ2) is 10.6. The van der Waals surface area contributed by atoms with Gasteiger partial charge in [-0.05, 0) is 12.8 Å². The van der Waals surface area contributed by atoms with E-state index in [4.69, 9.17) is 10.00 Å². The number of nitriles is 1. The van der Waals surface area contributed by atoms with Crippen molar-refractivity contribution < 1.29 is 19.1 Å². The molecule has 0 saturated heterocycles. The van der Waals surface area contributed by atoms with Crippen LogP contribution in [0.2, 0.25) is 0 Å².